The van der Waals surface area contributed by atoms with Crippen molar-refractivity contribution in [1.82, 2.24) is 10.6 Å². The van der Waals surface area contributed by atoms with Crippen molar-refractivity contribution in [2.75, 3.05) is 19.6 Å². The van der Waals surface area contributed by atoms with Crippen LogP contribution in [0.1, 0.15) is 39.5 Å². The van der Waals surface area contributed by atoms with Crippen molar-refractivity contribution in [2.45, 2.75) is 45.6 Å². The van der Waals surface area contributed by atoms with E-state index in [1.165, 1.54) is 32.2 Å². The molecule has 1 rings (SSSR count). The molecule has 1 atom stereocenters. The maximum Gasteiger partial charge on any atom is 0.00956 e. The zero-order chi connectivity index (χ0) is 9.52. The predicted molar refractivity (Wildman–Crippen MR) is 58.0 cm³/mol. The first-order valence-corrected chi connectivity index (χ1v) is 5.82. The van der Waals surface area contributed by atoms with Gasteiger partial charge < -0.3 is 10.6 Å². The van der Waals surface area contributed by atoms with Gasteiger partial charge in [0.2, 0.25) is 0 Å². The number of rotatable bonds is 8. The highest BCUT2D eigenvalue weighted by molar-refractivity contribution is 4.85. The molecule has 0 bridgehead atoms. The van der Waals surface area contributed by atoms with Crippen LogP contribution >= 0.6 is 0 Å². The van der Waals surface area contributed by atoms with Gasteiger partial charge in [0, 0.05) is 6.04 Å². The second-order valence-electron chi connectivity index (χ2n) is 4.00. The smallest absolute Gasteiger partial charge is 0.00956 e. The second kappa shape index (κ2) is 6.39. The highest BCUT2D eigenvalue weighted by Gasteiger charge is 2.29. The van der Waals surface area contributed by atoms with E-state index in [1.54, 1.807) is 0 Å². The highest BCUT2D eigenvalue weighted by atomic mass is 14.9. The molecule has 1 aliphatic carbocycles. The minimum absolute atomic E-state index is 0.809. The molecule has 0 heterocycles. The standard InChI is InChI=1S/C11H24N2/c1-3-12-9-5-6-11(13-4-2)10-7-8-10/h10-13H,3-9H2,1-2H3. The van der Waals surface area contributed by atoms with Crippen molar-refractivity contribution in [3.63, 3.8) is 0 Å². The molecule has 0 aliphatic heterocycles. The molecule has 0 aromatic heterocycles. The van der Waals surface area contributed by atoms with E-state index in [0.717, 1.165) is 25.0 Å². The van der Waals surface area contributed by atoms with Crippen molar-refractivity contribution in [3.8, 4) is 0 Å². The monoisotopic (exact) mass is 184 g/mol. The van der Waals surface area contributed by atoms with E-state index in [1.807, 2.05) is 0 Å². The predicted octanol–water partition coefficient (Wildman–Crippen LogP) is 1.76. The molecular weight excluding hydrogens is 160 g/mol. The van der Waals surface area contributed by atoms with Crippen LogP contribution in [0, 0.1) is 5.92 Å². The summed E-state index contributed by atoms with van der Waals surface area (Å²) < 4.78 is 0. The summed E-state index contributed by atoms with van der Waals surface area (Å²) in [6.07, 6.45) is 5.59. The van der Waals surface area contributed by atoms with E-state index < -0.39 is 0 Å². The van der Waals surface area contributed by atoms with Gasteiger partial charge in [-0.15, -0.1) is 0 Å². The van der Waals surface area contributed by atoms with Crippen molar-refractivity contribution in [3.05, 3.63) is 0 Å². The average Bonchev–Trinajstić information content (AvgIpc) is 2.93. The Morgan fingerprint density at radius 2 is 2.00 bits per heavy atom. The first kappa shape index (κ1) is 11.0. The molecule has 78 valence electrons. The third-order valence-corrected chi connectivity index (χ3v) is 2.78. The van der Waals surface area contributed by atoms with E-state index in [9.17, 15) is 0 Å². The fourth-order valence-electron chi connectivity index (χ4n) is 1.89. The Hall–Kier alpha value is -0.0800. The average molecular weight is 184 g/mol. The summed E-state index contributed by atoms with van der Waals surface area (Å²) in [7, 11) is 0. The first-order chi connectivity index (χ1) is 6.38. The van der Waals surface area contributed by atoms with Crippen LogP contribution in [0.25, 0.3) is 0 Å². The van der Waals surface area contributed by atoms with Gasteiger partial charge in [-0.05, 0) is 51.2 Å². The van der Waals surface area contributed by atoms with Crippen LogP contribution in [0.5, 0.6) is 0 Å². The maximum atomic E-state index is 3.59. The van der Waals surface area contributed by atoms with Crippen LogP contribution in [0.2, 0.25) is 0 Å². The molecule has 0 radical (unpaired) electrons. The Kier molecular flexibility index (Phi) is 5.40. The SMILES string of the molecule is CCNCCCC(NCC)C1CC1. The molecule has 1 aliphatic rings. The lowest BCUT2D eigenvalue weighted by molar-refractivity contribution is 0.429. The first-order valence-electron chi connectivity index (χ1n) is 5.82. The molecule has 1 unspecified atom stereocenters. The highest BCUT2D eigenvalue weighted by Crippen LogP contribution is 2.34. The zero-order valence-corrected chi connectivity index (χ0v) is 9.10. The van der Waals surface area contributed by atoms with Crippen molar-refractivity contribution in [1.29, 1.82) is 0 Å². The molecule has 1 saturated carbocycles. The Morgan fingerprint density at radius 1 is 1.23 bits per heavy atom. The number of nitrogens with one attached hydrogen (secondary N) is 2. The van der Waals surface area contributed by atoms with Crippen LogP contribution in [0.15, 0.2) is 0 Å². The van der Waals surface area contributed by atoms with Gasteiger partial charge in [-0.2, -0.15) is 0 Å². The van der Waals surface area contributed by atoms with Gasteiger partial charge in [0.1, 0.15) is 0 Å². The number of hydrogen-bond acceptors (Lipinski definition) is 2. The largest absolute Gasteiger partial charge is 0.317 e. The van der Waals surface area contributed by atoms with Gasteiger partial charge in [-0.1, -0.05) is 13.8 Å². The van der Waals surface area contributed by atoms with Crippen molar-refractivity contribution >= 4 is 0 Å². The van der Waals surface area contributed by atoms with Crippen LogP contribution in [-0.2, 0) is 0 Å². The summed E-state index contributed by atoms with van der Waals surface area (Å²) in [5.74, 6) is 1.00. The van der Waals surface area contributed by atoms with Gasteiger partial charge in [0.05, 0.1) is 0 Å². The second-order valence-corrected chi connectivity index (χ2v) is 4.00. The molecule has 0 aromatic rings. The molecule has 0 spiro atoms. The topological polar surface area (TPSA) is 24.1 Å². The number of hydrogen-bond donors (Lipinski definition) is 2. The Balaban J connectivity index is 2.00. The Bertz CT molecular complexity index is 121. The van der Waals surface area contributed by atoms with Gasteiger partial charge in [-0.3, -0.25) is 0 Å². The fourth-order valence-corrected chi connectivity index (χ4v) is 1.89. The van der Waals surface area contributed by atoms with Crippen LogP contribution in [-0.4, -0.2) is 25.7 Å². The van der Waals surface area contributed by atoms with E-state index in [2.05, 4.69) is 24.5 Å². The third-order valence-electron chi connectivity index (χ3n) is 2.78. The van der Waals surface area contributed by atoms with E-state index in [4.69, 9.17) is 0 Å². The van der Waals surface area contributed by atoms with Crippen molar-refractivity contribution < 1.29 is 0 Å². The van der Waals surface area contributed by atoms with E-state index >= 15 is 0 Å². The molecule has 2 N–H and O–H groups in total. The lowest BCUT2D eigenvalue weighted by Gasteiger charge is -2.16. The molecule has 0 saturated heterocycles. The van der Waals surface area contributed by atoms with Gasteiger partial charge in [0.25, 0.3) is 0 Å². The van der Waals surface area contributed by atoms with Gasteiger partial charge in [-0.25, -0.2) is 0 Å². The Labute approximate surface area is 82.5 Å². The summed E-state index contributed by atoms with van der Waals surface area (Å²) in [5, 5.41) is 6.97. The molecule has 2 nitrogen and oxygen atoms in total. The lowest BCUT2D eigenvalue weighted by atomic mass is 10.1. The fraction of sp³-hybridized carbons (Fsp3) is 1.00. The summed E-state index contributed by atoms with van der Waals surface area (Å²) in [6.45, 7) is 7.80. The summed E-state index contributed by atoms with van der Waals surface area (Å²) in [6, 6.07) is 0.809. The van der Waals surface area contributed by atoms with Crippen LogP contribution in [0.4, 0.5) is 0 Å². The van der Waals surface area contributed by atoms with E-state index in [-0.39, 0.29) is 0 Å². The third kappa shape index (κ3) is 4.63. The molecule has 2 heteroatoms. The lowest BCUT2D eigenvalue weighted by Crippen LogP contribution is -2.31. The molecular formula is C11H24N2. The van der Waals surface area contributed by atoms with E-state index in [0.29, 0.717) is 0 Å². The summed E-state index contributed by atoms with van der Waals surface area (Å²) in [5.41, 5.74) is 0. The summed E-state index contributed by atoms with van der Waals surface area (Å²) >= 11 is 0. The van der Waals surface area contributed by atoms with Crippen molar-refractivity contribution in [2.24, 2.45) is 5.92 Å². The molecule has 1 fully saturated rings. The minimum atomic E-state index is 0.809. The Morgan fingerprint density at radius 3 is 2.54 bits per heavy atom. The quantitative estimate of drug-likeness (QED) is 0.562. The zero-order valence-electron chi connectivity index (χ0n) is 9.10. The van der Waals surface area contributed by atoms with Crippen LogP contribution in [0.3, 0.4) is 0 Å². The normalized spacial score (nSPS) is 18.9. The van der Waals surface area contributed by atoms with Gasteiger partial charge in [0.15, 0.2) is 0 Å². The summed E-state index contributed by atoms with van der Waals surface area (Å²) in [4.78, 5) is 0. The van der Waals surface area contributed by atoms with Gasteiger partial charge >= 0.3 is 0 Å². The minimum Gasteiger partial charge on any atom is -0.317 e. The van der Waals surface area contributed by atoms with Crippen LogP contribution < -0.4 is 10.6 Å². The molecule has 13 heavy (non-hydrogen) atoms. The maximum absolute atomic E-state index is 3.59. The molecule has 0 aromatic carbocycles. The molecule has 0 amide bonds.